The third-order valence-corrected chi connectivity index (χ3v) is 3.27. The molecular formula is C14H19N3O3. The van der Waals surface area contributed by atoms with Crippen molar-refractivity contribution >= 4 is 18.1 Å². The molecule has 1 aromatic heterocycles. The van der Waals surface area contributed by atoms with Gasteiger partial charge >= 0.3 is 5.97 Å². The van der Waals surface area contributed by atoms with Crippen molar-refractivity contribution in [2.24, 2.45) is 11.0 Å². The average molecular weight is 277 g/mol. The number of ether oxygens (including phenoxy) is 1. The summed E-state index contributed by atoms with van der Waals surface area (Å²) in [6.45, 7) is 5.73. The van der Waals surface area contributed by atoms with E-state index in [1.165, 1.54) is 6.21 Å². The van der Waals surface area contributed by atoms with Crippen LogP contribution in [0.25, 0.3) is 0 Å². The summed E-state index contributed by atoms with van der Waals surface area (Å²) in [4.78, 5) is 26.3. The number of carbonyl (C=O) groups is 2. The number of aryl methyl sites for hydroxylation is 1. The van der Waals surface area contributed by atoms with E-state index in [2.05, 4.69) is 15.5 Å². The molecule has 20 heavy (non-hydrogen) atoms. The molecule has 1 aliphatic carbocycles. The van der Waals surface area contributed by atoms with Gasteiger partial charge in [-0.15, -0.1) is 0 Å². The fraction of sp³-hybridized carbons (Fsp3) is 0.500. The van der Waals surface area contributed by atoms with Crippen LogP contribution in [-0.4, -0.2) is 29.7 Å². The van der Waals surface area contributed by atoms with Crippen molar-refractivity contribution in [3.05, 3.63) is 22.5 Å². The summed E-state index contributed by atoms with van der Waals surface area (Å²) in [7, 11) is 0. The summed E-state index contributed by atoms with van der Waals surface area (Å²) in [6, 6.07) is 0. The third-order valence-electron chi connectivity index (χ3n) is 3.27. The number of nitrogens with one attached hydrogen (secondary N) is 2. The number of amides is 1. The molecular weight excluding hydrogens is 258 g/mol. The second-order valence-corrected chi connectivity index (χ2v) is 4.89. The Balaban J connectivity index is 2.08. The Morgan fingerprint density at radius 3 is 2.75 bits per heavy atom. The topological polar surface area (TPSA) is 83.6 Å². The summed E-state index contributed by atoms with van der Waals surface area (Å²) in [5.41, 5.74) is 5.22. The summed E-state index contributed by atoms with van der Waals surface area (Å²) >= 11 is 0. The van der Waals surface area contributed by atoms with Gasteiger partial charge in [-0.2, -0.15) is 5.10 Å². The molecule has 108 valence electrons. The Labute approximate surface area is 117 Å². The molecule has 0 unspecified atom stereocenters. The van der Waals surface area contributed by atoms with Gasteiger partial charge in [0.1, 0.15) is 0 Å². The zero-order valence-corrected chi connectivity index (χ0v) is 11.9. The van der Waals surface area contributed by atoms with Crippen molar-refractivity contribution in [2.75, 3.05) is 6.61 Å². The molecule has 1 amide bonds. The Kier molecular flexibility index (Phi) is 4.22. The zero-order chi connectivity index (χ0) is 14.7. The highest BCUT2D eigenvalue weighted by Crippen LogP contribution is 2.28. The number of nitrogens with zero attached hydrogens (tertiary/aromatic N) is 1. The van der Waals surface area contributed by atoms with Crippen LogP contribution in [0, 0.1) is 19.8 Å². The van der Waals surface area contributed by atoms with Crippen molar-refractivity contribution in [3.8, 4) is 0 Å². The third kappa shape index (κ3) is 3.07. The summed E-state index contributed by atoms with van der Waals surface area (Å²) in [5, 5.41) is 3.92. The molecule has 0 spiro atoms. The van der Waals surface area contributed by atoms with Crippen molar-refractivity contribution < 1.29 is 14.3 Å². The van der Waals surface area contributed by atoms with E-state index in [-0.39, 0.29) is 17.8 Å². The number of carbonyl (C=O) groups excluding carboxylic acids is 2. The van der Waals surface area contributed by atoms with Gasteiger partial charge in [0.05, 0.1) is 24.1 Å². The Hall–Kier alpha value is -2.11. The van der Waals surface area contributed by atoms with Gasteiger partial charge < -0.3 is 9.72 Å². The number of rotatable bonds is 5. The minimum Gasteiger partial charge on any atom is -0.462 e. The molecule has 1 saturated carbocycles. The Morgan fingerprint density at radius 2 is 2.15 bits per heavy atom. The van der Waals surface area contributed by atoms with Crippen molar-refractivity contribution in [2.45, 2.75) is 33.6 Å². The zero-order valence-electron chi connectivity index (χ0n) is 11.9. The van der Waals surface area contributed by atoms with Gasteiger partial charge in [0, 0.05) is 11.6 Å². The lowest BCUT2D eigenvalue weighted by atomic mass is 10.1. The standard InChI is InChI=1S/C14H19N3O3/c1-4-20-14(19)12-8(2)11(16-9(12)3)7-15-17-13(18)10-5-6-10/h7,10,16H,4-6H2,1-3H3,(H,17,18)/b15-7+. The largest absolute Gasteiger partial charge is 0.462 e. The second kappa shape index (κ2) is 5.90. The summed E-state index contributed by atoms with van der Waals surface area (Å²) in [5.74, 6) is -0.276. The number of aromatic amines is 1. The maximum Gasteiger partial charge on any atom is 0.340 e. The molecule has 1 aromatic rings. The normalized spacial score (nSPS) is 14.6. The predicted molar refractivity (Wildman–Crippen MR) is 74.7 cm³/mol. The molecule has 0 saturated heterocycles. The monoisotopic (exact) mass is 277 g/mol. The predicted octanol–water partition coefficient (Wildman–Crippen LogP) is 1.67. The molecule has 0 atom stereocenters. The molecule has 0 bridgehead atoms. The SMILES string of the molecule is CCOC(=O)c1c(C)[nH]c(/C=N/NC(=O)C2CC2)c1C. The quantitative estimate of drug-likeness (QED) is 0.488. The summed E-state index contributed by atoms with van der Waals surface area (Å²) < 4.78 is 5.01. The van der Waals surface area contributed by atoms with Gasteiger partial charge in [-0.1, -0.05) is 0 Å². The fourth-order valence-electron chi connectivity index (χ4n) is 2.01. The Bertz CT molecular complexity index is 556. The van der Waals surface area contributed by atoms with E-state index in [4.69, 9.17) is 4.74 Å². The van der Waals surface area contributed by atoms with E-state index in [9.17, 15) is 9.59 Å². The van der Waals surface area contributed by atoms with E-state index in [1.54, 1.807) is 13.8 Å². The van der Waals surface area contributed by atoms with Crippen LogP contribution in [0.4, 0.5) is 0 Å². The molecule has 0 aromatic carbocycles. The van der Waals surface area contributed by atoms with Crippen LogP contribution in [0.3, 0.4) is 0 Å². The molecule has 1 fully saturated rings. The highest BCUT2D eigenvalue weighted by molar-refractivity contribution is 5.96. The highest BCUT2D eigenvalue weighted by atomic mass is 16.5. The molecule has 0 radical (unpaired) electrons. The van der Waals surface area contributed by atoms with Crippen molar-refractivity contribution in [1.82, 2.24) is 10.4 Å². The number of H-pyrrole nitrogens is 1. The fourth-order valence-corrected chi connectivity index (χ4v) is 2.01. The van der Waals surface area contributed by atoms with Crippen LogP contribution >= 0.6 is 0 Å². The van der Waals surface area contributed by atoms with Crippen LogP contribution < -0.4 is 5.43 Å². The maximum atomic E-state index is 11.8. The lowest BCUT2D eigenvalue weighted by Gasteiger charge is -2.01. The number of esters is 1. The molecule has 6 nitrogen and oxygen atoms in total. The van der Waals surface area contributed by atoms with E-state index >= 15 is 0 Å². The van der Waals surface area contributed by atoms with Gasteiger partial charge in [-0.25, -0.2) is 10.2 Å². The minimum absolute atomic E-state index is 0.0483. The van der Waals surface area contributed by atoms with Crippen molar-refractivity contribution in [3.63, 3.8) is 0 Å². The molecule has 2 rings (SSSR count). The molecule has 1 heterocycles. The van der Waals surface area contributed by atoms with E-state index < -0.39 is 0 Å². The first-order valence-corrected chi connectivity index (χ1v) is 6.73. The number of hydrazone groups is 1. The molecule has 0 aliphatic heterocycles. The Morgan fingerprint density at radius 1 is 1.45 bits per heavy atom. The smallest absolute Gasteiger partial charge is 0.340 e. The van der Waals surface area contributed by atoms with Crippen molar-refractivity contribution in [1.29, 1.82) is 0 Å². The van der Waals surface area contributed by atoms with Gasteiger partial charge in [0.2, 0.25) is 5.91 Å². The average Bonchev–Trinajstić information content (AvgIpc) is 3.18. The molecule has 6 heteroatoms. The first-order chi connectivity index (χ1) is 9.54. The van der Waals surface area contributed by atoms with Crippen LogP contribution in [0.2, 0.25) is 0 Å². The molecule has 1 aliphatic rings. The second-order valence-electron chi connectivity index (χ2n) is 4.89. The number of aromatic nitrogens is 1. The summed E-state index contributed by atoms with van der Waals surface area (Å²) in [6.07, 6.45) is 3.40. The van der Waals surface area contributed by atoms with Crippen LogP contribution in [0.1, 0.15) is 47.1 Å². The first kappa shape index (κ1) is 14.3. The lowest BCUT2D eigenvalue weighted by molar-refractivity contribution is -0.122. The van der Waals surface area contributed by atoms with E-state index in [0.29, 0.717) is 17.9 Å². The maximum absolute atomic E-state index is 11.8. The van der Waals surface area contributed by atoms with Crippen LogP contribution in [0.15, 0.2) is 5.10 Å². The van der Waals surface area contributed by atoms with E-state index in [0.717, 1.165) is 24.1 Å². The van der Waals surface area contributed by atoms with Gasteiger partial charge in [-0.3, -0.25) is 4.79 Å². The molecule has 2 N–H and O–H groups in total. The number of hydrogen-bond donors (Lipinski definition) is 2. The first-order valence-electron chi connectivity index (χ1n) is 6.73. The minimum atomic E-state index is -0.347. The highest BCUT2D eigenvalue weighted by Gasteiger charge is 2.29. The van der Waals surface area contributed by atoms with Gasteiger partial charge in [0.25, 0.3) is 0 Å². The van der Waals surface area contributed by atoms with Gasteiger partial charge in [0.15, 0.2) is 0 Å². The lowest BCUT2D eigenvalue weighted by Crippen LogP contribution is -2.19. The number of hydrogen-bond acceptors (Lipinski definition) is 4. The van der Waals surface area contributed by atoms with E-state index in [1.807, 2.05) is 6.92 Å². The van der Waals surface area contributed by atoms with Gasteiger partial charge in [-0.05, 0) is 39.2 Å². The van der Waals surface area contributed by atoms with Crippen LogP contribution in [0.5, 0.6) is 0 Å². The van der Waals surface area contributed by atoms with Crippen LogP contribution in [-0.2, 0) is 9.53 Å².